The van der Waals surface area contributed by atoms with Crippen molar-refractivity contribution in [2.45, 2.75) is 6.61 Å². The lowest BCUT2D eigenvalue weighted by molar-refractivity contribution is 0.0838. The van der Waals surface area contributed by atoms with Gasteiger partial charge in [0, 0.05) is 18.3 Å². The van der Waals surface area contributed by atoms with E-state index in [0.717, 1.165) is 11.3 Å². The van der Waals surface area contributed by atoms with Gasteiger partial charge in [0.2, 0.25) is 0 Å². The van der Waals surface area contributed by atoms with Gasteiger partial charge in [-0.15, -0.1) is 0 Å². The molecule has 0 N–H and O–H groups in total. The molecule has 0 fully saturated rings. The molecule has 5 heteroatoms. The van der Waals surface area contributed by atoms with Crippen molar-refractivity contribution in [1.82, 2.24) is 4.73 Å². The fraction of sp³-hybridized carbons (Fsp3) is 0.143. The highest BCUT2D eigenvalue weighted by Crippen LogP contribution is 2.11. The third-order valence-electron chi connectivity index (χ3n) is 2.57. The molecule has 0 radical (unpaired) electrons. The number of hydrogen-bond donors (Lipinski definition) is 0. The van der Waals surface area contributed by atoms with Crippen molar-refractivity contribution in [3.05, 3.63) is 64.1 Å². The zero-order chi connectivity index (χ0) is 13.7. The zero-order valence-electron chi connectivity index (χ0n) is 10.4. The number of methoxy groups -OCH3 is 1. The quantitative estimate of drug-likeness (QED) is 0.759. The standard InChI is InChI=1S/C14H13NO4/c1-18-14-4-2-11(3-5-14)10-19-15-7-6-13(17)8-12(15)9-16/h2-9H,10H2,1H3. The van der Waals surface area contributed by atoms with Crippen LogP contribution in [0.1, 0.15) is 16.1 Å². The zero-order valence-corrected chi connectivity index (χ0v) is 10.4. The topological polar surface area (TPSA) is 57.5 Å². The summed E-state index contributed by atoms with van der Waals surface area (Å²) in [5.74, 6) is 0.765. The second-order valence-corrected chi connectivity index (χ2v) is 3.85. The number of carbonyl (C=O) groups excluding carboxylic acids is 1. The van der Waals surface area contributed by atoms with Crippen LogP contribution >= 0.6 is 0 Å². The number of nitrogens with zero attached hydrogens (tertiary/aromatic N) is 1. The van der Waals surface area contributed by atoms with E-state index in [9.17, 15) is 9.59 Å². The summed E-state index contributed by atoms with van der Waals surface area (Å²) in [7, 11) is 1.60. The summed E-state index contributed by atoms with van der Waals surface area (Å²) >= 11 is 0. The number of hydrogen-bond acceptors (Lipinski definition) is 4. The van der Waals surface area contributed by atoms with E-state index in [1.165, 1.54) is 23.1 Å². The lowest BCUT2D eigenvalue weighted by atomic mass is 10.2. The third kappa shape index (κ3) is 3.22. The summed E-state index contributed by atoms with van der Waals surface area (Å²) in [5, 5.41) is 0. The largest absolute Gasteiger partial charge is 0.497 e. The molecule has 2 rings (SSSR count). The van der Waals surface area contributed by atoms with Gasteiger partial charge in [-0.05, 0) is 17.7 Å². The molecule has 0 aliphatic carbocycles. The van der Waals surface area contributed by atoms with Gasteiger partial charge in [-0.2, -0.15) is 4.73 Å². The van der Waals surface area contributed by atoms with Crippen molar-refractivity contribution in [3.63, 3.8) is 0 Å². The highest BCUT2D eigenvalue weighted by molar-refractivity contribution is 5.71. The smallest absolute Gasteiger partial charge is 0.182 e. The number of pyridine rings is 1. The lowest BCUT2D eigenvalue weighted by Crippen LogP contribution is -2.18. The van der Waals surface area contributed by atoms with Crippen LogP contribution in [-0.2, 0) is 6.61 Å². The van der Waals surface area contributed by atoms with Crippen LogP contribution in [0.25, 0.3) is 0 Å². The fourth-order valence-electron chi connectivity index (χ4n) is 1.55. The van der Waals surface area contributed by atoms with Crippen molar-refractivity contribution < 1.29 is 14.4 Å². The highest BCUT2D eigenvalue weighted by atomic mass is 16.7. The Hall–Kier alpha value is -2.56. The van der Waals surface area contributed by atoms with Gasteiger partial charge < -0.3 is 9.57 Å². The lowest BCUT2D eigenvalue weighted by Gasteiger charge is -2.11. The predicted molar refractivity (Wildman–Crippen MR) is 69.4 cm³/mol. The second kappa shape index (κ2) is 5.86. The molecule has 0 amide bonds. The van der Waals surface area contributed by atoms with Crippen LogP contribution in [0.2, 0.25) is 0 Å². The Morgan fingerprint density at radius 2 is 1.95 bits per heavy atom. The van der Waals surface area contributed by atoms with E-state index in [1.54, 1.807) is 7.11 Å². The van der Waals surface area contributed by atoms with Crippen LogP contribution in [0, 0.1) is 0 Å². The molecule has 0 atom stereocenters. The molecule has 1 aromatic heterocycles. The van der Waals surface area contributed by atoms with Crippen LogP contribution in [0.15, 0.2) is 47.4 Å². The maximum atomic E-state index is 11.1. The molecule has 0 spiro atoms. The molecule has 1 aromatic carbocycles. The van der Waals surface area contributed by atoms with E-state index in [4.69, 9.17) is 9.57 Å². The average molecular weight is 259 g/mol. The maximum absolute atomic E-state index is 11.1. The molecule has 5 nitrogen and oxygen atoms in total. The summed E-state index contributed by atoms with van der Waals surface area (Å²) in [6, 6.07) is 9.93. The van der Waals surface area contributed by atoms with Crippen molar-refractivity contribution in [2.75, 3.05) is 7.11 Å². The van der Waals surface area contributed by atoms with Crippen LogP contribution in [0.3, 0.4) is 0 Å². The second-order valence-electron chi connectivity index (χ2n) is 3.85. The summed E-state index contributed by atoms with van der Waals surface area (Å²) in [4.78, 5) is 27.4. The molecular weight excluding hydrogens is 246 g/mol. The van der Waals surface area contributed by atoms with E-state index in [1.807, 2.05) is 24.3 Å². The van der Waals surface area contributed by atoms with Crippen LogP contribution in [-0.4, -0.2) is 18.1 Å². The average Bonchev–Trinajstić information content (AvgIpc) is 2.46. The molecule has 0 aliphatic rings. The molecule has 0 unspecified atom stereocenters. The van der Waals surface area contributed by atoms with Crippen LogP contribution < -0.4 is 15.0 Å². The van der Waals surface area contributed by atoms with Crippen LogP contribution in [0.5, 0.6) is 5.75 Å². The number of benzene rings is 1. The molecule has 0 saturated carbocycles. The minimum Gasteiger partial charge on any atom is -0.497 e. The normalized spacial score (nSPS) is 9.95. The third-order valence-corrected chi connectivity index (χ3v) is 2.57. The van der Waals surface area contributed by atoms with Gasteiger partial charge in [0.05, 0.1) is 7.11 Å². The summed E-state index contributed by atoms with van der Waals surface area (Å²) in [6.45, 7) is 0.285. The Kier molecular flexibility index (Phi) is 3.97. The minimum atomic E-state index is -0.230. The van der Waals surface area contributed by atoms with Gasteiger partial charge in [0.1, 0.15) is 18.1 Å². The molecule has 0 saturated heterocycles. The Morgan fingerprint density at radius 3 is 2.58 bits per heavy atom. The Labute approximate surface area is 110 Å². The Morgan fingerprint density at radius 1 is 1.21 bits per heavy atom. The SMILES string of the molecule is COc1ccc(COn2ccc(=O)cc2C=O)cc1. The molecule has 19 heavy (non-hydrogen) atoms. The Balaban J connectivity index is 2.09. The van der Waals surface area contributed by atoms with Crippen molar-refractivity contribution in [1.29, 1.82) is 0 Å². The first-order chi connectivity index (χ1) is 9.22. The maximum Gasteiger partial charge on any atom is 0.182 e. The van der Waals surface area contributed by atoms with Crippen molar-refractivity contribution in [3.8, 4) is 5.75 Å². The van der Waals surface area contributed by atoms with E-state index in [-0.39, 0.29) is 17.7 Å². The summed E-state index contributed by atoms with van der Waals surface area (Å²) in [6.07, 6.45) is 2.00. The van der Waals surface area contributed by atoms with Gasteiger partial charge in [-0.25, -0.2) is 0 Å². The molecule has 2 aromatic rings. The van der Waals surface area contributed by atoms with E-state index in [0.29, 0.717) is 6.29 Å². The monoisotopic (exact) mass is 259 g/mol. The minimum absolute atomic E-state index is 0.181. The first-order valence-corrected chi connectivity index (χ1v) is 5.67. The van der Waals surface area contributed by atoms with Gasteiger partial charge in [0.15, 0.2) is 11.7 Å². The number of aldehydes is 1. The molecule has 0 aliphatic heterocycles. The van der Waals surface area contributed by atoms with Gasteiger partial charge in [0.25, 0.3) is 0 Å². The first kappa shape index (κ1) is 12.9. The molecule has 0 bridgehead atoms. The highest BCUT2D eigenvalue weighted by Gasteiger charge is 2.01. The van der Waals surface area contributed by atoms with E-state index >= 15 is 0 Å². The predicted octanol–water partition coefficient (Wildman–Crippen LogP) is 1.30. The molecular formula is C14H13NO4. The number of rotatable bonds is 5. The van der Waals surface area contributed by atoms with Crippen molar-refractivity contribution >= 4 is 6.29 Å². The first-order valence-electron chi connectivity index (χ1n) is 5.67. The number of carbonyl (C=O) groups is 1. The van der Waals surface area contributed by atoms with Gasteiger partial charge in [-0.1, -0.05) is 12.1 Å². The van der Waals surface area contributed by atoms with E-state index < -0.39 is 0 Å². The Bertz CT molecular complexity index is 616. The van der Waals surface area contributed by atoms with Crippen LogP contribution in [0.4, 0.5) is 0 Å². The molecule has 1 heterocycles. The fourth-order valence-corrected chi connectivity index (χ4v) is 1.55. The summed E-state index contributed by atoms with van der Waals surface area (Å²) < 4.78 is 6.33. The summed E-state index contributed by atoms with van der Waals surface area (Å²) in [5.41, 5.74) is 0.878. The van der Waals surface area contributed by atoms with E-state index in [2.05, 4.69) is 0 Å². The number of ether oxygens (including phenoxy) is 1. The van der Waals surface area contributed by atoms with Crippen molar-refractivity contribution in [2.24, 2.45) is 0 Å². The number of aromatic nitrogens is 1. The molecule has 98 valence electrons. The van der Waals surface area contributed by atoms with Gasteiger partial charge in [-0.3, -0.25) is 9.59 Å². The van der Waals surface area contributed by atoms with Gasteiger partial charge >= 0.3 is 0 Å².